The van der Waals surface area contributed by atoms with Crippen molar-refractivity contribution in [2.24, 2.45) is 5.92 Å². The van der Waals surface area contributed by atoms with Gasteiger partial charge in [0.05, 0.1) is 13.2 Å². The van der Waals surface area contributed by atoms with E-state index in [9.17, 15) is 9.59 Å². The second kappa shape index (κ2) is 4.41. The summed E-state index contributed by atoms with van der Waals surface area (Å²) in [5.41, 5.74) is 0. The lowest BCUT2D eigenvalue weighted by Gasteiger charge is -2.37. The van der Waals surface area contributed by atoms with Crippen molar-refractivity contribution in [2.75, 3.05) is 19.8 Å². The van der Waals surface area contributed by atoms with Crippen molar-refractivity contribution in [2.45, 2.75) is 32.4 Å². The van der Waals surface area contributed by atoms with Gasteiger partial charge in [0.15, 0.2) is 0 Å². The highest BCUT2D eigenvalue weighted by atomic mass is 16.5. The first kappa shape index (κ1) is 11.4. The van der Waals surface area contributed by atoms with E-state index in [4.69, 9.17) is 4.74 Å². The Kier molecular flexibility index (Phi) is 3.14. The molecule has 16 heavy (non-hydrogen) atoms. The van der Waals surface area contributed by atoms with Crippen molar-refractivity contribution in [1.29, 1.82) is 0 Å². The van der Waals surface area contributed by atoms with Crippen LogP contribution in [-0.2, 0) is 14.3 Å². The van der Waals surface area contributed by atoms with Gasteiger partial charge in [0, 0.05) is 18.6 Å². The van der Waals surface area contributed by atoms with Crippen molar-refractivity contribution in [3.63, 3.8) is 0 Å². The fraction of sp³-hybridized carbons (Fsp3) is 0.818. The number of amides is 2. The second-order valence-corrected chi connectivity index (χ2v) is 4.62. The van der Waals surface area contributed by atoms with Gasteiger partial charge in [-0.1, -0.05) is 0 Å². The summed E-state index contributed by atoms with van der Waals surface area (Å²) < 4.78 is 5.32. The molecule has 2 aliphatic rings. The molecule has 1 N–H and O–H groups in total. The summed E-state index contributed by atoms with van der Waals surface area (Å²) in [6.07, 6.45) is 0.973. The third-order valence-electron chi connectivity index (χ3n) is 3.48. The molecule has 0 aromatic rings. The average Bonchev–Trinajstić information content (AvgIpc) is 2.75. The zero-order valence-electron chi connectivity index (χ0n) is 9.73. The van der Waals surface area contributed by atoms with Crippen LogP contribution in [0.15, 0.2) is 0 Å². The van der Waals surface area contributed by atoms with Gasteiger partial charge in [-0.2, -0.15) is 0 Å². The molecule has 2 amide bonds. The molecule has 0 aromatic heterocycles. The van der Waals surface area contributed by atoms with E-state index in [0.29, 0.717) is 12.5 Å². The van der Waals surface area contributed by atoms with Gasteiger partial charge in [0.1, 0.15) is 6.04 Å². The third-order valence-corrected chi connectivity index (χ3v) is 3.48. The first-order valence-electron chi connectivity index (χ1n) is 5.77. The first-order valence-corrected chi connectivity index (χ1v) is 5.77. The van der Waals surface area contributed by atoms with E-state index < -0.39 is 6.04 Å². The van der Waals surface area contributed by atoms with E-state index in [2.05, 4.69) is 5.32 Å². The van der Waals surface area contributed by atoms with Gasteiger partial charge in [0.2, 0.25) is 11.8 Å². The monoisotopic (exact) mass is 226 g/mol. The van der Waals surface area contributed by atoms with Crippen molar-refractivity contribution in [3.05, 3.63) is 0 Å². The molecule has 3 unspecified atom stereocenters. The summed E-state index contributed by atoms with van der Waals surface area (Å²) in [5.74, 6) is 0.305. The van der Waals surface area contributed by atoms with Crippen LogP contribution in [0.3, 0.4) is 0 Å². The molecule has 2 saturated heterocycles. The van der Waals surface area contributed by atoms with Crippen molar-refractivity contribution >= 4 is 11.8 Å². The normalized spacial score (nSPS) is 32.8. The molecule has 90 valence electrons. The fourth-order valence-electron chi connectivity index (χ4n) is 2.36. The van der Waals surface area contributed by atoms with Crippen LogP contribution in [0.25, 0.3) is 0 Å². The van der Waals surface area contributed by atoms with E-state index in [1.807, 2.05) is 6.92 Å². The number of ether oxygens (including phenoxy) is 1. The highest BCUT2D eigenvalue weighted by molar-refractivity contribution is 5.94. The molecule has 0 spiro atoms. The third kappa shape index (κ3) is 2.04. The minimum atomic E-state index is -0.397. The molecule has 3 atom stereocenters. The lowest BCUT2D eigenvalue weighted by Crippen LogP contribution is -2.60. The van der Waals surface area contributed by atoms with Crippen LogP contribution in [-0.4, -0.2) is 48.6 Å². The van der Waals surface area contributed by atoms with E-state index in [1.165, 1.54) is 0 Å². The average molecular weight is 226 g/mol. The highest BCUT2D eigenvalue weighted by Crippen LogP contribution is 2.22. The van der Waals surface area contributed by atoms with Crippen LogP contribution in [0.5, 0.6) is 0 Å². The lowest BCUT2D eigenvalue weighted by molar-refractivity contribution is -0.146. The predicted molar refractivity (Wildman–Crippen MR) is 57.7 cm³/mol. The van der Waals surface area contributed by atoms with E-state index in [1.54, 1.807) is 11.8 Å². The molecule has 5 nitrogen and oxygen atoms in total. The molecule has 0 aromatic carbocycles. The van der Waals surface area contributed by atoms with Crippen LogP contribution in [0.1, 0.15) is 20.3 Å². The molecule has 2 heterocycles. The van der Waals surface area contributed by atoms with Crippen molar-refractivity contribution < 1.29 is 14.3 Å². The Morgan fingerprint density at radius 3 is 2.88 bits per heavy atom. The molecule has 5 heteroatoms. The maximum atomic E-state index is 11.9. The maximum absolute atomic E-state index is 11.9. The van der Waals surface area contributed by atoms with E-state index in [-0.39, 0.29) is 24.4 Å². The Labute approximate surface area is 95.1 Å². The topological polar surface area (TPSA) is 58.6 Å². The number of rotatable bonds is 2. The second-order valence-electron chi connectivity index (χ2n) is 4.62. The molecule has 0 bridgehead atoms. The van der Waals surface area contributed by atoms with Gasteiger partial charge in [-0.3, -0.25) is 9.59 Å². The summed E-state index contributed by atoms with van der Waals surface area (Å²) in [6.45, 7) is 5.37. The zero-order chi connectivity index (χ0) is 11.7. The number of carbonyl (C=O) groups excluding carboxylic acids is 2. The number of carbonyl (C=O) groups is 2. The van der Waals surface area contributed by atoms with Gasteiger partial charge in [-0.15, -0.1) is 0 Å². The Bertz CT molecular complexity index is 300. The summed E-state index contributed by atoms with van der Waals surface area (Å²) in [6, 6.07) is -0.311. The van der Waals surface area contributed by atoms with Crippen LogP contribution in [0.2, 0.25) is 0 Å². The molecule has 2 aliphatic heterocycles. The molecule has 0 aliphatic carbocycles. The minimum Gasteiger partial charge on any atom is -0.381 e. The molecular formula is C11H18N2O3. The Balaban J connectivity index is 2.05. The minimum absolute atomic E-state index is 0.0130. The summed E-state index contributed by atoms with van der Waals surface area (Å²) in [7, 11) is 0. The maximum Gasteiger partial charge on any atom is 0.245 e. The highest BCUT2D eigenvalue weighted by Gasteiger charge is 2.36. The summed E-state index contributed by atoms with van der Waals surface area (Å²) >= 11 is 0. The van der Waals surface area contributed by atoms with Gasteiger partial charge in [-0.05, 0) is 20.3 Å². The van der Waals surface area contributed by atoms with Gasteiger partial charge in [-0.25, -0.2) is 0 Å². The molecular weight excluding hydrogens is 208 g/mol. The van der Waals surface area contributed by atoms with Gasteiger partial charge < -0.3 is 15.0 Å². The fourth-order valence-corrected chi connectivity index (χ4v) is 2.36. The van der Waals surface area contributed by atoms with E-state index >= 15 is 0 Å². The smallest absolute Gasteiger partial charge is 0.245 e. The van der Waals surface area contributed by atoms with Gasteiger partial charge >= 0.3 is 0 Å². The Morgan fingerprint density at radius 2 is 2.25 bits per heavy atom. The van der Waals surface area contributed by atoms with Crippen LogP contribution in [0, 0.1) is 5.92 Å². The predicted octanol–water partition coefficient (Wildman–Crippen LogP) is -0.242. The lowest BCUT2D eigenvalue weighted by atomic mass is 9.97. The number of hydrogen-bond acceptors (Lipinski definition) is 3. The molecule has 2 fully saturated rings. The zero-order valence-corrected chi connectivity index (χ0v) is 9.73. The van der Waals surface area contributed by atoms with Crippen LogP contribution in [0.4, 0.5) is 0 Å². The van der Waals surface area contributed by atoms with Gasteiger partial charge in [0.25, 0.3) is 0 Å². The Hall–Kier alpha value is -1.10. The summed E-state index contributed by atoms with van der Waals surface area (Å²) in [4.78, 5) is 25.0. The quantitative estimate of drug-likeness (QED) is 0.707. The van der Waals surface area contributed by atoms with Crippen molar-refractivity contribution in [1.82, 2.24) is 10.2 Å². The summed E-state index contributed by atoms with van der Waals surface area (Å²) in [5, 5.41) is 2.64. The number of nitrogens with one attached hydrogen (secondary N) is 1. The number of nitrogens with zero attached hydrogens (tertiary/aromatic N) is 1. The van der Waals surface area contributed by atoms with Crippen LogP contribution < -0.4 is 5.32 Å². The molecule has 2 rings (SSSR count). The number of hydrogen-bond donors (Lipinski definition) is 1. The van der Waals surface area contributed by atoms with E-state index in [0.717, 1.165) is 13.0 Å². The SMILES string of the molecule is CC1NC(=O)CN(C(C)C2CCOC2)C1=O. The largest absolute Gasteiger partial charge is 0.381 e. The first-order chi connectivity index (χ1) is 7.59. The Morgan fingerprint density at radius 1 is 1.50 bits per heavy atom. The number of piperazine rings is 1. The standard InChI is InChI=1S/C11H18N2O3/c1-7-11(15)13(5-10(14)12-7)8(2)9-3-4-16-6-9/h7-9H,3-6H2,1-2H3,(H,12,14). The van der Waals surface area contributed by atoms with Crippen molar-refractivity contribution in [3.8, 4) is 0 Å². The van der Waals surface area contributed by atoms with Crippen LogP contribution >= 0.6 is 0 Å². The molecule has 0 saturated carbocycles. The molecule has 0 radical (unpaired) electrons.